The van der Waals surface area contributed by atoms with E-state index >= 15 is 0 Å². The molecule has 1 saturated carbocycles. The Balaban J connectivity index is 2.59. The fourth-order valence-electron chi connectivity index (χ4n) is 1.88. The van der Waals surface area contributed by atoms with Gasteiger partial charge in [-0.05, 0) is 12.8 Å². The zero-order valence-corrected chi connectivity index (χ0v) is 8.01. The SMILES string of the molecule is [C-]#[N+]C1(CC(=O)OC)CCCCC1. The second-order valence-corrected chi connectivity index (χ2v) is 3.65. The van der Waals surface area contributed by atoms with E-state index in [9.17, 15) is 4.79 Å². The van der Waals surface area contributed by atoms with Gasteiger partial charge in [0.05, 0.1) is 7.11 Å². The molecule has 3 nitrogen and oxygen atoms in total. The molecule has 72 valence electrons. The lowest BCUT2D eigenvalue weighted by atomic mass is 9.80. The third-order valence-corrected chi connectivity index (χ3v) is 2.72. The van der Waals surface area contributed by atoms with Crippen LogP contribution in [0.5, 0.6) is 0 Å². The van der Waals surface area contributed by atoms with Crippen LogP contribution in [-0.2, 0) is 9.53 Å². The summed E-state index contributed by atoms with van der Waals surface area (Å²) in [6.07, 6.45) is 5.31. The van der Waals surface area contributed by atoms with Gasteiger partial charge in [-0.1, -0.05) is 6.42 Å². The number of hydrogen-bond donors (Lipinski definition) is 0. The highest BCUT2D eigenvalue weighted by Gasteiger charge is 2.40. The number of carbonyl (C=O) groups is 1. The Labute approximate surface area is 78.9 Å². The highest BCUT2D eigenvalue weighted by Crippen LogP contribution is 2.34. The molecule has 0 heterocycles. The second-order valence-electron chi connectivity index (χ2n) is 3.65. The summed E-state index contributed by atoms with van der Waals surface area (Å²) in [4.78, 5) is 14.7. The van der Waals surface area contributed by atoms with Crippen molar-refractivity contribution in [1.29, 1.82) is 0 Å². The lowest BCUT2D eigenvalue weighted by Crippen LogP contribution is -2.31. The first-order valence-corrected chi connectivity index (χ1v) is 4.68. The first kappa shape index (κ1) is 10.0. The largest absolute Gasteiger partial charge is 0.469 e. The van der Waals surface area contributed by atoms with E-state index in [1.165, 1.54) is 13.5 Å². The van der Waals surface area contributed by atoms with Crippen molar-refractivity contribution in [1.82, 2.24) is 0 Å². The molecule has 0 aromatic carbocycles. The van der Waals surface area contributed by atoms with Gasteiger partial charge in [-0.2, -0.15) is 0 Å². The quantitative estimate of drug-likeness (QED) is 0.483. The maximum Gasteiger partial charge on any atom is 0.313 e. The number of esters is 1. The van der Waals surface area contributed by atoms with E-state index in [0.29, 0.717) is 0 Å². The molecule has 0 aromatic heterocycles. The van der Waals surface area contributed by atoms with Gasteiger partial charge >= 0.3 is 5.97 Å². The van der Waals surface area contributed by atoms with E-state index in [-0.39, 0.29) is 12.4 Å². The van der Waals surface area contributed by atoms with Crippen molar-refractivity contribution in [2.45, 2.75) is 44.1 Å². The van der Waals surface area contributed by atoms with Gasteiger partial charge in [0.1, 0.15) is 6.42 Å². The van der Waals surface area contributed by atoms with Crippen LogP contribution in [0.1, 0.15) is 38.5 Å². The lowest BCUT2D eigenvalue weighted by Gasteiger charge is -2.24. The van der Waals surface area contributed by atoms with Crippen LogP contribution < -0.4 is 0 Å². The highest BCUT2D eigenvalue weighted by molar-refractivity contribution is 5.71. The lowest BCUT2D eigenvalue weighted by molar-refractivity contribution is -0.141. The van der Waals surface area contributed by atoms with Crippen LogP contribution in [0.4, 0.5) is 0 Å². The van der Waals surface area contributed by atoms with Gasteiger partial charge in [0, 0.05) is 12.8 Å². The average Bonchev–Trinajstić information content (AvgIpc) is 2.19. The zero-order valence-electron chi connectivity index (χ0n) is 8.01. The van der Waals surface area contributed by atoms with Gasteiger partial charge in [0.25, 0.3) is 0 Å². The number of nitrogens with zero attached hydrogens (tertiary/aromatic N) is 1. The van der Waals surface area contributed by atoms with Crippen molar-refractivity contribution >= 4 is 5.97 Å². The van der Waals surface area contributed by atoms with E-state index in [0.717, 1.165) is 25.7 Å². The van der Waals surface area contributed by atoms with Gasteiger partial charge in [-0.15, -0.1) is 0 Å². The summed E-state index contributed by atoms with van der Waals surface area (Å²) >= 11 is 0. The fraction of sp³-hybridized carbons (Fsp3) is 0.800. The summed E-state index contributed by atoms with van der Waals surface area (Å²) < 4.78 is 4.60. The van der Waals surface area contributed by atoms with Crippen LogP contribution in [0.3, 0.4) is 0 Å². The number of hydrogen-bond acceptors (Lipinski definition) is 2. The van der Waals surface area contributed by atoms with Crippen molar-refractivity contribution in [3.8, 4) is 0 Å². The summed E-state index contributed by atoms with van der Waals surface area (Å²) in [5.74, 6) is -0.252. The first-order valence-electron chi connectivity index (χ1n) is 4.68. The minimum absolute atomic E-state index is 0.252. The molecule has 13 heavy (non-hydrogen) atoms. The van der Waals surface area contributed by atoms with E-state index in [1.54, 1.807) is 0 Å². The second kappa shape index (κ2) is 4.27. The van der Waals surface area contributed by atoms with Crippen LogP contribution >= 0.6 is 0 Å². The zero-order chi connectivity index (χ0) is 9.73. The Kier molecular flexibility index (Phi) is 3.30. The van der Waals surface area contributed by atoms with Crippen molar-refractivity contribution in [2.75, 3.05) is 7.11 Å². The Bertz CT molecular complexity index is 224. The summed E-state index contributed by atoms with van der Waals surface area (Å²) in [5, 5.41) is 0. The van der Waals surface area contributed by atoms with Crippen molar-refractivity contribution in [3.63, 3.8) is 0 Å². The van der Waals surface area contributed by atoms with Crippen molar-refractivity contribution < 1.29 is 9.53 Å². The van der Waals surface area contributed by atoms with E-state index in [4.69, 9.17) is 6.57 Å². The summed E-state index contributed by atoms with van der Waals surface area (Å²) in [6, 6.07) is 0. The third kappa shape index (κ3) is 2.45. The van der Waals surface area contributed by atoms with Crippen molar-refractivity contribution in [3.05, 3.63) is 11.4 Å². The monoisotopic (exact) mass is 181 g/mol. The van der Waals surface area contributed by atoms with Gasteiger partial charge in [0.15, 0.2) is 0 Å². The molecule has 0 aliphatic heterocycles. The maximum atomic E-state index is 11.1. The van der Waals surface area contributed by atoms with Gasteiger partial charge < -0.3 is 9.58 Å². The molecule has 0 radical (unpaired) electrons. The molecule has 0 aromatic rings. The molecule has 0 spiro atoms. The molecule has 0 amide bonds. The summed E-state index contributed by atoms with van der Waals surface area (Å²) in [7, 11) is 1.38. The molecule has 0 N–H and O–H groups in total. The number of rotatable bonds is 2. The highest BCUT2D eigenvalue weighted by atomic mass is 16.5. The molecular weight excluding hydrogens is 166 g/mol. The smallest absolute Gasteiger partial charge is 0.313 e. The van der Waals surface area contributed by atoms with Crippen LogP contribution in [0.15, 0.2) is 0 Å². The number of ether oxygens (including phenoxy) is 1. The molecule has 0 bridgehead atoms. The summed E-state index contributed by atoms with van der Waals surface area (Å²) in [5.41, 5.74) is -0.439. The molecule has 1 fully saturated rings. The Morgan fingerprint density at radius 3 is 2.54 bits per heavy atom. The van der Waals surface area contributed by atoms with Crippen LogP contribution in [0.25, 0.3) is 4.85 Å². The van der Waals surface area contributed by atoms with E-state index in [2.05, 4.69) is 9.58 Å². The standard InChI is InChI=1S/C10H15NO2/c1-11-10(8-9(12)13-2)6-4-3-5-7-10/h3-8H2,2H3. The Hall–Kier alpha value is -1.04. The minimum Gasteiger partial charge on any atom is -0.469 e. The molecule has 0 atom stereocenters. The van der Waals surface area contributed by atoms with Gasteiger partial charge in [-0.25, -0.2) is 6.57 Å². The normalized spacial score (nSPS) is 20.3. The van der Waals surface area contributed by atoms with Gasteiger partial charge in [0.2, 0.25) is 5.54 Å². The minimum atomic E-state index is -0.439. The van der Waals surface area contributed by atoms with E-state index in [1.807, 2.05) is 0 Å². The molecule has 1 aliphatic carbocycles. The maximum absolute atomic E-state index is 11.1. The third-order valence-electron chi connectivity index (χ3n) is 2.72. The fourth-order valence-corrected chi connectivity index (χ4v) is 1.88. The number of methoxy groups -OCH3 is 1. The predicted octanol–water partition coefficient (Wildman–Crippen LogP) is 2.17. The first-order chi connectivity index (χ1) is 6.22. The molecule has 0 unspecified atom stereocenters. The Morgan fingerprint density at radius 2 is 2.08 bits per heavy atom. The van der Waals surface area contributed by atoms with Crippen LogP contribution in [0.2, 0.25) is 0 Å². The molecule has 1 rings (SSSR count). The van der Waals surface area contributed by atoms with E-state index < -0.39 is 5.54 Å². The van der Waals surface area contributed by atoms with Gasteiger partial charge in [-0.3, -0.25) is 4.79 Å². The molecule has 3 heteroatoms. The van der Waals surface area contributed by atoms with Crippen LogP contribution in [-0.4, -0.2) is 18.6 Å². The topological polar surface area (TPSA) is 30.7 Å². The van der Waals surface area contributed by atoms with Crippen LogP contribution in [0, 0.1) is 6.57 Å². The Morgan fingerprint density at radius 1 is 1.46 bits per heavy atom. The summed E-state index contributed by atoms with van der Waals surface area (Å²) in [6.45, 7) is 7.13. The molecule has 0 saturated heterocycles. The number of carbonyl (C=O) groups excluding carboxylic acids is 1. The molecular formula is C10H15NO2. The predicted molar refractivity (Wildman–Crippen MR) is 49.1 cm³/mol. The molecule has 1 aliphatic rings. The van der Waals surface area contributed by atoms with Crippen molar-refractivity contribution in [2.24, 2.45) is 0 Å². The average molecular weight is 181 g/mol.